The number of hydrogen-bond acceptors (Lipinski definition) is 7. The van der Waals surface area contributed by atoms with Crippen molar-refractivity contribution in [3.05, 3.63) is 30.3 Å². The number of methoxy groups -OCH3 is 3. The highest BCUT2D eigenvalue weighted by Crippen LogP contribution is 2.35. The molecule has 10 heteroatoms. The molecule has 0 aliphatic heterocycles. The van der Waals surface area contributed by atoms with Gasteiger partial charge in [0.05, 0.1) is 31.7 Å². The molecular formula is C19H20N4O5S. The minimum atomic E-state index is -0.468. The van der Waals surface area contributed by atoms with Crippen molar-refractivity contribution >= 4 is 50.0 Å². The number of carbonyl (C=O) groups is 2. The lowest BCUT2D eigenvalue weighted by Gasteiger charge is -2.13. The number of aromatic nitrogens is 1. The smallest absolute Gasteiger partial charge is 0.323 e. The molecule has 0 saturated heterocycles. The SMILES string of the molecule is COc1ccc(OC)c(NC(=O)Nc2cc(OC)c3nc(NC(C)=O)sc3c2)c1. The van der Waals surface area contributed by atoms with Crippen LogP contribution in [-0.2, 0) is 4.79 Å². The van der Waals surface area contributed by atoms with Crippen LogP contribution in [0.3, 0.4) is 0 Å². The predicted octanol–water partition coefficient (Wildman–Crippen LogP) is 3.92. The van der Waals surface area contributed by atoms with E-state index in [1.807, 2.05) is 0 Å². The van der Waals surface area contributed by atoms with Crippen molar-refractivity contribution in [1.82, 2.24) is 4.98 Å². The van der Waals surface area contributed by atoms with E-state index in [1.54, 1.807) is 30.3 Å². The number of fused-ring (bicyclic) bond motifs is 1. The van der Waals surface area contributed by atoms with Gasteiger partial charge in [-0.15, -0.1) is 0 Å². The highest BCUT2D eigenvalue weighted by Gasteiger charge is 2.14. The first-order chi connectivity index (χ1) is 13.9. The van der Waals surface area contributed by atoms with E-state index in [4.69, 9.17) is 14.2 Å². The Morgan fingerprint density at radius 3 is 2.34 bits per heavy atom. The van der Waals surface area contributed by atoms with Crippen LogP contribution < -0.4 is 30.2 Å². The molecule has 9 nitrogen and oxygen atoms in total. The van der Waals surface area contributed by atoms with Crippen LogP contribution in [0.2, 0.25) is 0 Å². The predicted molar refractivity (Wildman–Crippen MR) is 113 cm³/mol. The topological polar surface area (TPSA) is 111 Å². The van der Waals surface area contributed by atoms with Crippen molar-refractivity contribution in [1.29, 1.82) is 0 Å². The minimum absolute atomic E-state index is 0.215. The van der Waals surface area contributed by atoms with Crippen molar-refractivity contribution in [3.8, 4) is 17.2 Å². The maximum atomic E-state index is 12.5. The monoisotopic (exact) mass is 416 g/mol. The van der Waals surface area contributed by atoms with Gasteiger partial charge in [0.1, 0.15) is 22.8 Å². The molecule has 0 atom stereocenters. The Kier molecular flexibility index (Phi) is 6.03. The fourth-order valence-corrected chi connectivity index (χ4v) is 3.60. The van der Waals surface area contributed by atoms with Gasteiger partial charge in [-0.2, -0.15) is 0 Å². The van der Waals surface area contributed by atoms with E-state index in [0.29, 0.717) is 39.3 Å². The molecule has 1 heterocycles. The number of nitrogens with one attached hydrogen (secondary N) is 3. The molecule has 3 aromatic rings. The van der Waals surface area contributed by atoms with Gasteiger partial charge in [-0.1, -0.05) is 11.3 Å². The van der Waals surface area contributed by atoms with Gasteiger partial charge < -0.3 is 30.2 Å². The number of thiazole rings is 1. The number of nitrogens with zero attached hydrogens (tertiary/aromatic N) is 1. The molecule has 0 fully saturated rings. The summed E-state index contributed by atoms with van der Waals surface area (Å²) in [7, 11) is 4.56. The average molecular weight is 416 g/mol. The zero-order chi connectivity index (χ0) is 21.0. The molecule has 29 heavy (non-hydrogen) atoms. The third-order valence-corrected chi connectivity index (χ3v) is 4.79. The van der Waals surface area contributed by atoms with E-state index in [0.717, 1.165) is 4.70 Å². The number of benzene rings is 2. The summed E-state index contributed by atoms with van der Waals surface area (Å²) < 4.78 is 16.6. The fraction of sp³-hybridized carbons (Fsp3) is 0.211. The Balaban J connectivity index is 1.84. The molecule has 0 unspecified atom stereocenters. The molecule has 0 aliphatic rings. The molecule has 0 spiro atoms. The number of rotatable bonds is 6. The Bertz CT molecular complexity index is 1070. The summed E-state index contributed by atoms with van der Waals surface area (Å²) in [6.07, 6.45) is 0. The molecule has 3 N–H and O–H groups in total. The molecule has 0 saturated carbocycles. The van der Waals surface area contributed by atoms with Gasteiger partial charge in [-0.3, -0.25) is 4.79 Å². The van der Waals surface area contributed by atoms with Crippen LogP contribution in [0.4, 0.5) is 21.3 Å². The molecule has 1 aromatic heterocycles. The molecule has 152 valence electrons. The first kappa shape index (κ1) is 20.2. The summed E-state index contributed by atoms with van der Waals surface area (Å²) in [4.78, 5) is 28.1. The summed E-state index contributed by atoms with van der Waals surface area (Å²) in [5.41, 5.74) is 1.57. The zero-order valence-electron chi connectivity index (χ0n) is 16.3. The van der Waals surface area contributed by atoms with Crippen LogP contribution in [0.5, 0.6) is 17.2 Å². The Labute approximate surface area is 171 Å². The third-order valence-electron chi connectivity index (χ3n) is 3.88. The second kappa shape index (κ2) is 8.65. The molecule has 2 aromatic carbocycles. The van der Waals surface area contributed by atoms with Crippen LogP contribution in [-0.4, -0.2) is 38.3 Å². The Morgan fingerprint density at radius 1 is 0.931 bits per heavy atom. The number of hydrogen-bond donors (Lipinski definition) is 3. The van der Waals surface area contributed by atoms with E-state index in [1.165, 1.54) is 39.6 Å². The first-order valence-corrected chi connectivity index (χ1v) is 9.31. The second-order valence-corrected chi connectivity index (χ2v) is 6.90. The van der Waals surface area contributed by atoms with E-state index in [2.05, 4.69) is 20.9 Å². The van der Waals surface area contributed by atoms with E-state index < -0.39 is 6.03 Å². The second-order valence-electron chi connectivity index (χ2n) is 5.87. The maximum absolute atomic E-state index is 12.5. The van der Waals surface area contributed by atoms with Crippen molar-refractivity contribution in [2.75, 3.05) is 37.3 Å². The summed E-state index contributed by atoms with van der Waals surface area (Å²) in [6, 6.07) is 8.03. The van der Waals surface area contributed by atoms with Gasteiger partial charge in [0.2, 0.25) is 5.91 Å². The molecular weight excluding hydrogens is 396 g/mol. The van der Waals surface area contributed by atoms with Crippen molar-refractivity contribution < 1.29 is 23.8 Å². The van der Waals surface area contributed by atoms with Crippen LogP contribution in [0, 0.1) is 0 Å². The summed E-state index contributed by atoms with van der Waals surface area (Å²) in [5.74, 6) is 1.34. The summed E-state index contributed by atoms with van der Waals surface area (Å²) in [5, 5.41) is 8.60. The molecule has 0 bridgehead atoms. The number of anilines is 3. The summed E-state index contributed by atoms with van der Waals surface area (Å²) >= 11 is 1.28. The first-order valence-electron chi connectivity index (χ1n) is 8.49. The number of ether oxygens (including phenoxy) is 3. The van der Waals surface area contributed by atoms with Gasteiger partial charge in [-0.25, -0.2) is 9.78 Å². The van der Waals surface area contributed by atoms with Gasteiger partial charge >= 0.3 is 6.03 Å². The van der Waals surface area contributed by atoms with Gasteiger partial charge in [0.25, 0.3) is 0 Å². The molecule has 0 aliphatic carbocycles. The van der Waals surface area contributed by atoms with Crippen molar-refractivity contribution in [3.63, 3.8) is 0 Å². The highest BCUT2D eigenvalue weighted by molar-refractivity contribution is 7.22. The van der Waals surface area contributed by atoms with E-state index in [-0.39, 0.29) is 5.91 Å². The normalized spacial score (nSPS) is 10.3. The molecule has 3 rings (SSSR count). The van der Waals surface area contributed by atoms with Crippen LogP contribution in [0.1, 0.15) is 6.92 Å². The summed E-state index contributed by atoms with van der Waals surface area (Å²) in [6.45, 7) is 1.41. The van der Waals surface area contributed by atoms with Crippen LogP contribution in [0.15, 0.2) is 30.3 Å². The Morgan fingerprint density at radius 2 is 1.69 bits per heavy atom. The number of carbonyl (C=O) groups excluding carboxylic acids is 2. The third kappa shape index (κ3) is 4.66. The maximum Gasteiger partial charge on any atom is 0.323 e. The lowest BCUT2D eigenvalue weighted by atomic mass is 10.2. The van der Waals surface area contributed by atoms with Gasteiger partial charge in [0.15, 0.2) is 5.13 Å². The molecule has 3 amide bonds. The largest absolute Gasteiger partial charge is 0.497 e. The number of amides is 3. The fourth-order valence-electron chi connectivity index (χ4n) is 2.63. The van der Waals surface area contributed by atoms with Gasteiger partial charge in [-0.05, 0) is 18.2 Å². The average Bonchev–Trinajstić information content (AvgIpc) is 3.08. The Hall–Kier alpha value is -3.53. The highest BCUT2D eigenvalue weighted by atomic mass is 32.1. The van der Waals surface area contributed by atoms with Crippen LogP contribution in [0.25, 0.3) is 10.2 Å². The minimum Gasteiger partial charge on any atom is -0.497 e. The van der Waals surface area contributed by atoms with Gasteiger partial charge in [0, 0.05) is 24.7 Å². The van der Waals surface area contributed by atoms with Crippen LogP contribution >= 0.6 is 11.3 Å². The zero-order valence-corrected chi connectivity index (χ0v) is 17.1. The van der Waals surface area contributed by atoms with E-state index >= 15 is 0 Å². The molecule has 0 radical (unpaired) electrons. The van der Waals surface area contributed by atoms with Crippen molar-refractivity contribution in [2.45, 2.75) is 6.92 Å². The van der Waals surface area contributed by atoms with Crippen molar-refractivity contribution in [2.24, 2.45) is 0 Å². The number of urea groups is 1. The lowest BCUT2D eigenvalue weighted by molar-refractivity contribution is -0.114. The van der Waals surface area contributed by atoms with E-state index in [9.17, 15) is 9.59 Å². The quantitative estimate of drug-likeness (QED) is 0.562. The lowest BCUT2D eigenvalue weighted by Crippen LogP contribution is -2.19. The standard InChI is InChI=1S/C19H20N4O5S/c1-10(24)20-19-23-17-15(28-4)7-11(8-16(17)29-19)21-18(25)22-13-9-12(26-2)5-6-14(13)27-3/h5-9H,1-4H3,(H,20,23,24)(H2,21,22,25).